The fourth-order valence-corrected chi connectivity index (χ4v) is 2.60. The number of rotatable bonds is 4. The summed E-state index contributed by atoms with van der Waals surface area (Å²) >= 11 is 1.27. The van der Waals surface area contributed by atoms with Crippen LogP contribution in [0.25, 0.3) is 11.3 Å². The molecule has 0 fully saturated rings. The molecule has 1 aromatic carbocycles. The van der Waals surface area contributed by atoms with Crippen molar-refractivity contribution in [2.75, 3.05) is 18.2 Å². The molecule has 106 valence electrons. The summed E-state index contributed by atoms with van der Waals surface area (Å²) in [6.45, 7) is 3.75. The Kier molecular flexibility index (Phi) is 4.24. The summed E-state index contributed by atoms with van der Waals surface area (Å²) < 4.78 is 5.23. The Morgan fingerprint density at radius 1 is 1.50 bits per heavy atom. The Morgan fingerprint density at radius 3 is 2.85 bits per heavy atom. The van der Waals surface area contributed by atoms with Crippen molar-refractivity contribution in [1.29, 1.82) is 0 Å². The SMILES string of the molecule is CCC(=O)Nc1nc(-c2ccc(OC)c(C)c2)c(N)s1. The lowest BCUT2D eigenvalue weighted by atomic mass is 10.1. The molecule has 0 aliphatic carbocycles. The molecule has 20 heavy (non-hydrogen) atoms. The minimum absolute atomic E-state index is 0.0730. The van der Waals surface area contributed by atoms with Crippen molar-refractivity contribution in [3.8, 4) is 17.0 Å². The third kappa shape index (κ3) is 2.91. The normalized spacial score (nSPS) is 10.3. The highest BCUT2D eigenvalue weighted by Crippen LogP contribution is 2.35. The number of ether oxygens (including phenoxy) is 1. The van der Waals surface area contributed by atoms with E-state index in [2.05, 4.69) is 10.3 Å². The Balaban J connectivity index is 2.33. The summed E-state index contributed by atoms with van der Waals surface area (Å²) in [7, 11) is 1.64. The lowest BCUT2D eigenvalue weighted by Crippen LogP contribution is -2.08. The quantitative estimate of drug-likeness (QED) is 0.907. The average Bonchev–Trinajstić information content (AvgIpc) is 2.79. The molecule has 0 saturated heterocycles. The maximum Gasteiger partial charge on any atom is 0.225 e. The number of hydrogen-bond acceptors (Lipinski definition) is 5. The molecule has 0 saturated carbocycles. The first-order valence-electron chi connectivity index (χ1n) is 6.26. The number of carbonyl (C=O) groups excluding carboxylic acids is 1. The molecule has 0 aliphatic rings. The number of hydrogen-bond donors (Lipinski definition) is 2. The first-order chi connectivity index (χ1) is 9.55. The number of aryl methyl sites for hydroxylation is 1. The van der Waals surface area contributed by atoms with Gasteiger partial charge in [0.2, 0.25) is 5.91 Å². The van der Waals surface area contributed by atoms with E-state index < -0.39 is 0 Å². The van der Waals surface area contributed by atoms with Gasteiger partial charge in [0.25, 0.3) is 0 Å². The molecule has 0 aliphatic heterocycles. The van der Waals surface area contributed by atoms with Gasteiger partial charge >= 0.3 is 0 Å². The van der Waals surface area contributed by atoms with Crippen LogP contribution in [0.2, 0.25) is 0 Å². The van der Waals surface area contributed by atoms with E-state index in [1.165, 1.54) is 11.3 Å². The second kappa shape index (κ2) is 5.92. The van der Waals surface area contributed by atoms with Gasteiger partial charge in [0.1, 0.15) is 16.4 Å². The molecular weight excluding hydrogens is 274 g/mol. The molecule has 0 bridgehead atoms. The number of anilines is 2. The van der Waals surface area contributed by atoms with Crippen LogP contribution in [-0.4, -0.2) is 18.0 Å². The number of methoxy groups -OCH3 is 1. The van der Waals surface area contributed by atoms with E-state index in [1.807, 2.05) is 25.1 Å². The fraction of sp³-hybridized carbons (Fsp3) is 0.286. The van der Waals surface area contributed by atoms with Crippen LogP contribution in [0.5, 0.6) is 5.75 Å². The van der Waals surface area contributed by atoms with Gasteiger partial charge in [-0.05, 0) is 30.7 Å². The van der Waals surface area contributed by atoms with Crippen LogP contribution in [0, 0.1) is 6.92 Å². The van der Waals surface area contributed by atoms with Gasteiger partial charge in [-0.1, -0.05) is 18.3 Å². The number of nitrogens with zero attached hydrogens (tertiary/aromatic N) is 1. The second-order valence-corrected chi connectivity index (χ2v) is 5.35. The van der Waals surface area contributed by atoms with Crippen molar-refractivity contribution in [2.24, 2.45) is 0 Å². The topological polar surface area (TPSA) is 77.2 Å². The summed E-state index contributed by atoms with van der Waals surface area (Å²) in [5.74, 6) is 0.748. The van der Waals surface area contributed by atoms with Gasteiger partial charge in [0, 0.05) is 12.0 Å². The number of nitrogens with one attached hydrogen (secondary N) is 1. The molecule has 1 heterocycles. The van der Waals surface area contributed by atoms with Crippen molar-refractivity contribution in [1.82, 2.24) is 4.98 Å². The summed E-state index contributed by atoms with van der Waals surface area (Å²) in [5, 5.41) is 3.83. The number of thiazole rings is 1. The number of carbonyl (C=O) groups is 1. The first kappa shape index (κ1) is 14.3. The van der Waals surface area contributed by atoms with Crippen LogP contribution in [0.3, 0.4) is 0 Å². The standard InChI is InChI=1S/C14H17N3O2S/c1-4-11(18)16-14-17-12(13(15)20-14)9-5-6-10(19-3)8(2)7-9/h5-7H,4,15H2,1-3H3,(H,16,17,18). The predicted octanol–water partition coefficient (Wildman–Crippen LogP) is 3.06. The van der Waals surface area contributed by atoms with Crippen LogP contribution in [0.15, 0.2) is 18.2 Å². The van der Waals surface area contributed by atoms with Gasteiger partial charge in [-0.25, -0.2) is 4.98 Å². The third-order valence-electron chi connectivity index (χ3n) is 2.89. The van der Waals surface area contributed by atoms with E-state index in [0.29, 0.717) is 22.2 Å². The van der Waals surface area contributed by atoms with Crippen LogP contribution >= 0.6 is 11.3 Å². The highest BCUT2D eigenvalue weighted by molar-refractivity contribution is 7.20. The Morgan fingerprint density at radius 2 is 2.25 bits per heavy atom. The van der Waals surface area contributed by atoms with Crippen LogP contribution in [0.4, 0.5) is 10.1 Å². The van der Waals surface area contributed by atoms with Crippen molar-refractivity contribution in [2.45, 2.75) is 20.3 Å². The number of amides is 1. The summed E-state index contributed by atoms with van der Waals surface area (Å²) in [4.78, 5) is 15.8. The number of aromatic nitrogens is 1. The summed E-state index contributed by atoms with van der Waals surface area (Å²) in [6, 6.07) is 5.76. The zero-order chi connectivity index (χ0) is 14.7. The Hall–Kier alpha value is -2.08. The van der Waals surface area contributed by atoms with Gasteiger partial charge in [-0.2, -0.15) is 0 Å². The minimum Gasteiger partial charge on any atom is -0.496 e. The molecule has 2 rings (SSSR count). The van der Waals surface area contributed by atoms with Gasteiger partial charge in [0.15, 0.2) is 5.13 Å². The number of nitrogen functional groups attached to an aromatic ring is 1. The third-order valence-corrected chi connectivity index (χ3v) is 3.69. The lowest BCUT2D eigenvalue weighted by molar-refractivity contribution is -0.115. The molecule has 0 spiro atoms. The van der Waals surface area contributed by atoms with Gasteiger partial charge in [0.05, 0.1) is 7.11 Å². The van der Waals surface area contributed by atoms with E-state index in [4.69, 9.17) is 10.5 Å². The van der Waals surface area contributed by atoms with E-state index in [9.17, 15) is 4.79 Å². The molecule has 0 unspecified atom stereocenters. The molecule has 2 aromatic rings. The van der Waals surface area contributed by atoms with E-state index >= 15 is 0 Å². The van der Waals surface area contributed by atoms with E-state index in [-0.39, 0.29) is 5.91 Å². The van der Waals surface area contributed by atoms with Crippen LogP contribution in [-0.2, 0) is 4.79 Å². The van der Waals surface area contributed by atoms with E-state index in [1.54, 1.807) is 14.0 Å². The average molecular weight is 291 g/mol. The second-order valence-electron chi connectivity index (χ2n) is 4.32. The molecule has 3 N–H and O–H groups in total. The molecule has 1 amide bonds. The lowest BCUT2D eigenvalue weighted by Gasteiger charge is -2.06. The molecule has 0 radical (unpaired) electrons. The molecule has 6 heteroatoms. The van der Waals surface area contributed by atoms with Crippen molar-refractivity contribution in [3.63, 3.8) is 0 Å². The number of benzene rings is 1. The smallest absolute Gasteiger partial charge is 0.225 e. The maximum absolute atomic E-state index is 11.4. The largest absolute Gasteiger partial charge is 0.496 e. The predicted molar refractivity (Wildman–Crippen MR) is 82.2 cm³/mol. The molecule has 5 nitrogen and oxygen atoms in total. The molecule has 1 aromatic heterocycles. The van der Waals surface area contributed by atoms with E-state index in [0.717, 1.165) is 16.9 Å². The molecule has 0 atom stereocenters. The molecular formula is C14H17N3O2S. The van der Waals surface area contributed by atoms with Gasteiger partial charge in [-0.3, -0.25) is 4.79 Å². The van der Waals surface area contributed by atoms with Crippen LogP contribution in [0.1, 0.15) is 18.9 Å². The highest BCUT2D eigenvalue weighted by atomic mass is 32.1. The monoisotopic (exact) mass is 291 g/mol. The van der Waals surface area contributed by atoms with Crippen molar-refractivity contribution in [3.05, 3.63) is 23.8 Å². The van der Waals surface area contributed by atoms with Crippen molar-refractivity contribution >= 4 is 27.4 Å². The first-order valence-corrected chi connectivity index (χ1v) is 7.08. The van der Waals surface area contributed by atoms with Gasteiger partial charge < -0.3 is 15.8 Å². The Bertz CT molecular complexity index is 637. The minimum atomic E-state index is -0.0730. The highest BCUT2D eigenvalue weighted by Gasteiger charge is 2.13. The number of nitrogens with two attached hydrogens (primary N) is 1. The summed E-state index contributed by atoms with van der Waals surface area (Å²) in [5.41, 5.74) is 8.59. The van der Waals surface area contributed by atoms with Crippen LogP contribution < -0.4 is 15.8 Å². The van der Waals surface area contributed by atoms with Crippen molar-refractivity contribution < 1.29 is 9.53 Å². The summed E-state index contributed by atoms with van der Waals surface area (Å²) in [6.07, 6.45) is 0.413. The Labute approximate surface area is 121 Å². The fourth-order valence-electron chi connectivity index (χ4n) is 1.83. The zero-order valence-corrected chi connectivity index (χ0v) is 12.5. The maximum atomic E-state index is 11.4. The zero-order valence-electron chi connectivity index (χ0n) is 11.7. The van der Waals surface area contributed by atoms with Gasteiger partial charge in [-0.15, -0.1) is 0 Å².